The molecule has 0 saturated carbocycles. The molecule has 1 aliphatic rings. The van der Waals surface area contributed by atoms with E-state index in [0.29, 0.717) is 12.0 Å². The van der Waals surface area contributed by atoms with Crippen LogP contribution in [-0.4, -0.2) is 23.1 Å². The highest BCUT2D eigenvalue weighted by molar-refractivity contribution is 8.14. The zero-order chi connectivity index (χ0) is 13.8. The van der Waals surface area contributed by atoms with Crippen molar-refractivity contribution >= 4 is 22.6 Å². The van der Waals surface area contributed by atoms with Gasteiger partial charge >= 0.3 is 0 Å². The molecule has 19 heavy (non-hydrogen) atoms. The smallest absolute Gasteiger partial charge is 0.161 e. The van der Waals surface area contributed by atoms with Crippen LogP contribution in [0.1, 0.15) is 27.7 Å². The maximum absolute atomic E-state index is 5.63. The Hall–Kier alpha value is -1.16. The SMILES string of the molecule is CC(C)Oc1ccc(NC2=NC(C)C(C)CS2)cc1. The number of hydrogen-bond acceptors (Lipinski definition) is 4. The van der Waals surface area contributed by atoms with E-state index in [-0.39, 0.29) is 6.10 Å². The summed E-state index contributed by atoms with van der Waals surface area (Å²) in [6.45, 7) is 8.48. The monoisotopic (exact) mass is 278 g/mol. The highest BCUT2D eigenvalue weighted by atomic mass is 32.2. The Morgan fingerprint density at radius 1 is 1.26 bits per heavy atom. The maximum atomic E-state index is 5.63. The second-order valence-corrected chi connectivity index (χ2v) is 6.29. The molecule has 1 heterocycles. The van der Waals surface area contributed by atoms with Gasteiger partial charge in [-0.1, -0.05) is 18.7 Å². The second-order valence-electron chi connectivity index (χ2n) is 5.28. The predicted octanol–water partition coefficient (Wildman–Crippen LogP) is 4.01. The summed E-state index contributed by atoms with van der Waals surface area (Å²) in [5.74, 6) is 2.68. The minimum absolute atomic E-state index is 0.208. The van der Waals surface area contributed by atoms with E-state index >= 15 is 0 Å². The van der Waals surface area contributed by atoms with Gasteiger partial charge in [-0.05, 0) is 51.0 Å². The van der Waals surface area contributed by atoms with E-state index in [1.54, 1.807) is 11.8 Å². The molecule has 0 saturated heterocycles. The van der Waals surface area contributed by atoms with Crippen LogP contribution < -0.4 is 10.1 Å². The van der Waals surface area contributed by atoms with Crippen molar-refractivity contribution < 1.29 is 4.74 Å². The summed E-state index contributed by atoms with van der Waals surface area (Å²) < 4.78 is 5.63. The quantitative estimate of drug-likeness (QED) is 0.907. The van der Waals surface area contributed by atoms with E-state index in [0.717, 1.165) is 22.4 Å². The molecular formula is C15H22N2OS. The molecule has 3 nitrogen and oxygen atoms in total. The first-order chi connectivity index (χ1) is 9.04. The molecular weight excluding hydrogens is 256 g/mol. The highest BCUT2D eigenvalue weighted by Gasteiger charge is 2.19. The number of nitrogens with zero attached hydrogens (tertiary/aromatic N) is 1. The molecule has 4 heteroatoms. The van der Waals surface area contributed by atoms with E-state index < -0.39 is 0 Å². The van der Waals surface area contributed by atoms with Gasteiger partial charge in [-0.3, -0.25) is 4.99 Å². The van der Waals surface area contributed by atoms with Gasteiger partial charge in [0.2, 0.25) is 0 Å². The maximum Gasteiger partial charge on any atom is 0.161 e. The number of amidine groups is 1. The summed E-state index contributed by atoms with van der Waals surface area (Å²) in [6.07, 6.45) is 0.208. The van der Waals surface area contributed by atoms with Gasteiger partial charge in [0.1, 0.15) is 5.75 Å². The molecule has 1 aromatic carbocycles. The van der Waals surface area contributed by atoms with Crippen LogP contribution in [0.3, 0.4) is 0 Å². The van der Waals surface area contributed by atoms with Gasteiger partial charge in [0, 0.05) is 11.4 Å². The molecule has 0 fully saturated rings. The van der Waals surface area contributed by atoms with Gasteiger partial charge in [-0.25, -0.2) is 0 Å². The molecule has 2 atom stereocenters. The lowest BCUT2D eigenvalue weighted by molar-refractivity contribution is 0.242. The summed E-state index contributed by atoms with van der Waals surface area (Å²) >= 11 is 1.79. The Morgan fingerprint density at radius 2 is 1.95 bits per heavy atom. The van der Waals surface area contributed by atoms with Crippen LogP contribution in [0, 0.1) is 5.92 Å². The normalized spacial score (nSPS) is 23.1. The van der Waals surface area contributed by atoms with Gasteiger partial charge < -0.3 is 10.1 Å². The van der Waals surface area contributed by atoms with E-state index in [4.69, 9.17) is 4.74 Å². The Balaban J connectivity index is 1.98. The molecule has 104 valence electrons. The van der Waals surface area contributed by atoms with Crippen molar-refractivity contribution in [1.82, 2.24) is 0 Å². The zero-order valence-electron chi connectivity index (χ0n) is 12.0. The summed E-state index contributed by atoms with van der Waals surface area (Å²) in [4.78, 5) is 4.67. The van der Waals surface area contributed by atoms with Crippen molar-refractivity contribution in [2.45, 2.75) is 39.8 Å². The lowest BCUT2D eigenvalue weighted by Crippen LogP contribution is -2.25. The van der Waals surface area contributed by atoms with E-state index in [2.05, 4.69) is 24.2 Å². The standard InChI is InChI=1S/C15H22N2OS/c1-10(2)18-14-7-5-13(6-8-14)17-15-16-12(4)11(3)9-19-15/h5-8,10-12H,9H2,1-4H3,(H,16,17). The number of benzene rings is 1. The van der Waals surface area contributed by atoms with Crippen LogP contribution in [-0.2, 0) is 0 Å². The molecule has 2 rings (SSSR count). The largest absolute Gasteiger partial charge is 0.491 e. The zero-order valence-corrected chi connectivity index (χ0v) is 12.8. The van der Waals surface area contributed by atoms with E-state index in [1.807, 2.05) is 38.1 Å². The van der Waals surface area contributed by atoms with Gasteiger partial charge in [-0.15, -0.1) is 0 Å². The van der Waals surface area contributed by atoms with Crippen LogP contribution in [0.25, 0.3) is 0 Å². The number of rotatable bonds is 3. The van der Waals surface area contributed by atoms with Crippen LogP contribution in [0.5, 0.6) is 5.75 Å². The van der Waals surface area contributed by atoms with Crippen molar-refractivity contribution in [3.63, 3.8) is 0 Å². The second kappa shape index (κ2) is 6.33. The third-order valence-electron chi connectivity index (χ3n) is 3.10. The average Bonchev–Trinajstić information content (AvgIpc) is 2.36. The fourth-order valence-electron chi connectivity index (χ4n) is 1.78. The third kappa shape index (κ3) is 4.16. The van der Waals surface area contributed by atoms with Crippen molar-refractivity contribution in [2.75, 3.05) is 11.1 Å². The van der Waals surface area contributed by atoms with Crippen LogP contribution in [0.4, 0.5) is 5.69 Å². The Labute approximate surface area is 119 Å². The van der Waals surface area contributed by atoms with Crippen molar-refractivity contribution in [2.24, 2.45) is 10.9 Å². The first-order valence-electron chi connectivity index (χ1n) is 6.79. The first kappa shape index (κ1) is 14.3. The first-order valence-corrected chi connectivity index (χ1v) is 7.77. The number of aliphatic imine (C=N–C) groups is 1. The highest BCUT2D eigenvalue weighted by Crippen LogP contribution is 2.24. The summed E-state index contributed by atoms with van der Waals surface area (Å²) in [7, 11) is 0. The van der Waals surface area contributed by atoms with Crippen LogP contribution in [0.15, 0.2) is 29.3 Å². The molecule has 0 amide bonds. The fourth-order valence-corrected chi connectivity index (χ4v) is 2.91. The Morgan fingerprint density at radius 3 is 2.53 bits per heavy atom. The number of anilines is 1. The summed E-state index contributed by atoms with van der Waals surface area (Å²) in [5, 5.41) is 4.39. The van der Waals surface area contributed by atoms with Crippen molar-refractivity contribution in [1.29, 1.82) is 0 Å². The number of nitrogens with one attached hydrogen (secondary N) is 1. The molecule has 0 bridgehead atoms. The lowest BCUT2D eigenvalue weighted by Gasteiger charge is -2.23. The minimum Gasteiger partial charge on any atom is -0.491 e. The molecule has 1 N–H and O–H groups in total. The van der Waals surface area contributed by atoms with Gasteiger partial charge in [-0.2, -0.15) is 0 Å². The molecule has 1 aliphatic heterocycles. The van der Waals surface area contributed by atoms with E-state index in [9.17, 15) is 0 Å². The summed E-state index contributed by atoms with van der Waals surface area (Å²) in [6, 6.07) is 8.44. The molecule has 0 aromatic heterocycles. The topological polar surface area (TPSA) is 33.6 Å². The average molecular weight is 278 g/mol. The Bertz CT molecular complexity index is 442. The van der Waals surface area contributed by atoms with Crippen molar-refractivity contribution in [3.05, 3.63) is 24.3 Å². The predicted molar refractivity (Wildman–Crippen MR) is 84.3 cm³/mol. The van der Waals surface area contributed by atoms with Gasteiger partial charge in [0.25, 0.3) is 0 Å². The van der Waals surface area contributed by atoms with Crippen LogP contribution in [0.2, 0.25) is 0 Å². The molecule has 0 radical (unpaired) electrons. The van der Waals surface area contributed by atoms with Gasteiger partial charge in [0.15, 0.2) is 5.17 Å². The van der Waals surface area contributed by atoms with E-state index in [1.165, 1.54) is 0 Å². The number of thioether (sulfide) groups is 1. The summed E-state index contributed by atoms with van der Waals surface area (Å²) in [5.41, 5.74) is 1.06. The minimum atomic E-state index is 0.208. The molecule has 0 spiro atoms. The third-order valence-corrected chi connectivity index (χ3v) is 4.28. The molecule has 1 aromatic rings. The molecule has 2 unspecified atom stereocenters. The van der Waals surface area contributed by atoms with Crippen LogP contribution >= 0.6 is 11.8 Å². The number of ether oxygens (including phenoxy) is 1. The van der Waals surface area contributed by atoms with Crippen molar-refractivity contribution in [3.8, 4) is 5.75 Å². The van der Waals surface area contributed by atoms with Gasteiger partial charge in [0.05, 0.1) is 12.1 Å². The fraction of sp³-hybridized carbons (Fsp3) is 0.533. The molecule has 0 aliphatic carbocycles. The number of hydrogen-bond donors (Lipinski definition) is 1. The Kier molecular flexibility index (Phi) is 4.75. The lowest BCUT2D eigenvalue weighted by atomic mass is 10.1.